The normalized spacial score (nSPS) is 10.0. The van der Waals surface area contributed by atoms with E-state index in [1.54, 1.807) is 26.8 Å². The summed E-state index contributed by atoms with van der Waals surface area (Å²) in [6.45, 7) is 6.32. The highest BCUT2D eigenvalue weighted by atomic mass is 16.6. The molecule has 1 aromatic rings. The van der Waals surface area contributed by atoms with E-state index < -0.39 is 10.9 Å². The summed E-state index contributed by atoms with van der Waals surface area (Å²) in [6, 6.07) is 1.76. The number of aryl methyl sites for hydroxylation is 2. The summed E-state index contributed by atoms with van der Waals surface area (Å²) in [7, 11) is 0. The standard InChI is InChI=1S/C11H13NO4/c1-6-5-7(2)11(16-9(4)13)10(8(6)3)12(14)15/h5H,1-4H3. The van der Waals surface area contributed by atoms with Crippen LogP contribution in [0.4, 0.5) is 5.69 Å². The molecule has 86 valence electrons. The van der Waals surface area contributed by atoms with Gasteiger partial charge in [0.1, 0.15) is 0 Å². The Hall–Kier alpha value is -1.91. The van der Waals surface area contributed by atoms with Gasteiger partial charge in [0, 0.05) is 12.5 Å². The largest absolute Gasteiger partial charge is 0.419 e. The smallest absolute Gasteiger partial charge is 0.315 e. The van der Waals surface area contributed by atoms with Crippen LogP contribution in [0.2, 0.25) is 0 Å². The van der Waals surface area contributed by atoms with Crippen LogP contribution in [0.3, 0.4) is 0 Å². The Morgan fingerprint density at radius 2 is 1.88 bits per heavy atom. The summed E-state index contributed by atoms with van der Waals surface area (Å²) in [6.07, 6.45) is 0. The molecule has 0 radical (unpaired) electrons. The SMILES string of the molecule is CC(=O)Oc1c(C)cc(C)c(C)c1[N+](=O)[O-]. The monoisotopic (exact) mass is 223 g/mol. The third kappa shape index (κ3) is 2.18. The number of benzene rings is 1. The Bertz CT molecular complexity index is 466. The molecule has 16 heavy (non-hydrogen) atoms. The van der Waals surface area contributed by atoms with Crippen molar-refractivity contribution in [2.75, 3.05) is 0 Å². The predicted octanol–water partition coefficient (Wildman–Crippen LogP) is 2.45. The second-order valence-electron chi connectivity index (χ2n) is 3.66. The van der Waals surface area contributed by atoms with Crippen molar-refractivity contribution in [3.8, 4) is 5.75 Å². The maximum atomic E-state index is 10.9. The van der Waals surface area contributed by atoms with Crippen LogP contribution in [0.1, 0.15) is 23.6 Å². The van der Waals surface area contributed by atoms with Gasteiger partial charge < -0.3 is 4.74 Å². The van der Waals surface area contributed by atoms with Gasteiger partial charge in [-0.05, 0) is 31.9 Å². The maximum absolute atomic E-state index is 10.9. The molecule has 0 atom stereocenters. The molecule has 0 N–H and O–H groups in total. The third-order valence-electron chi connectivity index (χ3n) is 2.38. The van der Waals surface area contributed by atoms with Crippen molar-refractivity contribution in [3.05, 3.63) is 32.9 Å². The third-order valence-corrected chi connectivity index (χ3v) is 2.38. The second-order valence-corrected chi connectivity index (χ2v) is 3.66. The molecule has 0 spiro atoms. The number of esters is 1. The summed E-state index contributed by atoms with van der Waals surface area (Å²) in [5.41, 5.74) is 1.78. The number of hydrogen-bond donors (Lipinski definition) is 0. The second kappa shape index (κ2) is 4.30. The van der Waals surface area contributed by atoms with E-state index in [0.717, 1.165) is 5.56 Å². The van der Waals surface area contributed by atoms with E-state index in [1.165, 1.54) is 6.92 Å². The zero-order valence-corrected chi connectivity index (χ0v) is 9.66. The molecule has 0 fully saturated rings. The van der Waals surface area contributed by atoms with Crippen LogP contribution in [0.25, 0.3) is 0 Å². The summed E-state index contributed by atoms with van der Waals surface area (Å²) in [5, 5.41) is 10.9. The Kier molecular flexibility index (Phi) is 3.27. The van der Waals surface area contributed by atoms with Gasteiger partial charge in [-0.3, -0.25) is 14.9 Å². The van der Waals surface area contributed by atoms with Crippen LogP contribution in [0.5, 0.6) is 5.75 Å². The first-order valence-corrected chi connectivity index (χ1v) is 4.78. The molecule has 0 aliphatic carbocycles. The van der Waals surface area contributed by atoms with Crippen LogP contribution < -0.4 is 4.74 Å². The Morgan fingerprint density at radius 1 is 1.31 bits per heavy atom. The molecule has 0 saturated carbocycles. The number of ether oxygens (including phenoxy) is 1. The Balaban J connectivity index is 3.50. The van der Waals surface area contributed by atoms with Gasteiger partial charge in [-0.25, -0.2) is 0 Å². The fourth-order valence-electron chi connectivity index (χ4n) is 1.53. The number of carbonyl (C=O) groups excluding carboxylic acids is 1. The number of hydrogen-bond acceptors (Lipinski definition) is 4. The van der Waals surface area contributed by atoms with E-state index in [2.05, 4.69) is 0 Å². The zero-order chi connectivity index (χ0) is 12.5. The Labute approximate surface area is 93.2 Å². The van der Waals surface area contributed by atoms with E-state index in [9.17, 15) is 14.9 Å². The van der Waals surface area contributed by atoms with Crippen molar-refractivity contribution in [1.29, 1.82) is 0 Å². The molecule has 0 bridgehead atoms. The number of nitrogens with zero attached hydrogens (tertiary/aromatic N) is 1. The number of rotatable bonds is 2. The molecule has 0 amide bonds. The van der Waals surface area contributed by atoms with E-state index >= 15 is 0 Å². The number of carbonyl (C=O) groups is 1. The van der Waals surface area contributed by atoms with Gasteiger partial charge in [-0.1, -0.05) is 6.07 Å². The molecule has 0 aromatic heterocycles. The van der Waals surface area contributed by atoms with Gasteiger partial charge in [0.15, 0.2) is 0 Å². The van der Waals surface area contributed by atoms with Crippen molar-refractivity contribution < 1.29 is 14.5 Å². The maximum Gasteiger partial charge on any atom is 0.315 e. The molecule has 0 heterocycles. The first-order valence-electron chi connectivity index (χ1n) is 4.78. The minimum atomic E-state index is -0.561. The first-order chi connectivity index (χ1) is 7.34. The van der Waals surface area contributed by atoms with E-state index in [4.69, 9.17) is 4.74 Å². The first kappa shape index (κ1) is 12.2. The molecule has 5 nitrogen and oxygen atoms in total. The van der Waals surface area contributed by atoms with Gasteiger partial charge in [0.2, 0.25) is 5.75 Å². The lowest BCUT2D eigenvalue weighted by Crippen LogP contribution is -2.07. The van der Waals surface area contributed by atoms with E-state index in [-0.39, 0.29) is 11.4 Å². The summed E-state index contributed by atoms with van der Waals surface area (Å²) < 4.78 is 4.89. The lowest BCUT2D eigenvalue weighted by Gasteiger charge is -2.10. The van der Waals surface area contributed by atoms with Crippen molar-refractivity contribution in [2.45, 2.75) is 27.7 Å². The minimum Gasteiger partial charge on any atom is -0.419 e. The molecule has 1 rings (SSSR count). The average molecular weight is 223 g/mol. The highest BCUT2D eigenvalue weighted by Crippen LogP contribution is 2.36. The molecule has 5 heteroatoms. The molecule has 0 aliphatic heterocycles. The van der Waals surface area contributed by atoms with Gasteiger partial charge in [-0.2, -0.15) is 0 Å². The van der Waals surface area contributed by atoms with Gasteiger partial charge in [0.05, 0.1) is 4.92 Å². The van der Waals surface area contributed by atoms with E-state index in [1.807, 2.05) is 0 Å². The van der Waals surface area contributed by atoms with Crippen LogP contribution in [-0.2, 0) is 4.79 Å². The average Bonchev–Trinajstić information content (AvgIpc) is 2.13. The molecular formula is C11H13NO4. The van der Waals surface area contributed by atoms with Crippen molar-refractivity contribution in [2.24, 2.45) is 0 Å². The molecule has 0 saturated heterocycles. The highest BCUT2D eigenvalue weighted by molar-refractivity contribution is 5.73. The van der Waals surface area contributed by atoms with E-state index in [0.29, 0.717) is 11.1 Å². The van der Waals surface area contributed by atoms with Crippen LogP contribution in [0.15, 0.2) is 6.07 Å². The van der Waals surface area contributed by atoms with Crippen molar-refractivity contribution >= 4 is 11.7 Å². The minimum absolute atomic E-state index is 0.0422. The van der Waals surface area contributed by atoms with Gasteiger partial charge in [0.25, 0.3) is 0 Å². The van der Waals surface area contributed by atoms with Crippen LogP contribution >= 0.6 is 0 Å². The fraction of sp³-hybridized carbons (Fsp3) is 0.364. The quantitative estimate of drug-likeness (QED) is 0.334. The summed E-state index contributed by atoms with van der Waals surface area (Å²) in [4.78, 5) is 21.3. The van der Waals surface area contributed by atoms with Crippen LogP contribution in [-0.4, -0.2) is 10.9 Å². The highest BCUT2D eigenvalue weighted by Gasteiger charge is 2.24. The van der Waals surface area contributed by atoms with Gasteiger partial charge >= 0.3 is 11.7 Å². The lowest BCUT2D eigenvalue weighted by molar-refractivity contribution is -0.386. The fourth-order valence-corrected chi connectivity index (χ4v) is 1.53. The van der Waals surface area contributed by atoms with Crippen molar-refractivity contribution in [3.63, 3.8) is 0 Å². The lowest BCUT2D eigenvalue weighted by atomic mass is 10.0. The summed E-state index contributed by atoms with van der Waals surface area (Å²) in [5.74, 6) is -0.518. The zero-order valence-electron chi connectivity index (χ0n) is 9.66. The number of nitro benzene ring substituents is 1. The summed E-state index contributed by atoms with van der Waals surface area (Å²) >= 11 is 0. The topological polar surface area (TPSA) is 69.4 Å². The van der Waals surface area contributed by atoms with Crippen LogP contribution in [0, 0.1) is 30.9 Å². The Morgan fingerprint density at radius 3 is 2.31 bits per heavy atom. The predicted molar refractivity (Wildman–Crippen MR) is 58.6 cm³/mol. The molecule has 1 aromatic carbocycles. The number of nitro groups is 1. The van der Waals surface area contributed by atoms with Crippen molar-refractivity contribution in [1.82, 2.24) is 0 Å². The molecule has 0 aliphatic rings. The molecular weight excluding hydrogens is 210 g/mol. The molecule has 0 unspecified atom stereocenters. The van der Waals surface area contributed by atoms with Gasteiger partial charge in [-0.15, -0.1) is 0 Å².